The number of fused-ring (bicyclic) bond motifs is 1. The molecule has 0 radical (unpaired) electrons. The van der Waals surface area contributed by atoms with Gasteiger partial charge < -0.3 is 15.4 Å². The van der Waals surface area contributed by atoms with Crippen molar-refractivity contribution in [2.75, 3.05) is 18.4 Å². The van der Waals surface area contributed by atoms with Gasteiger partial charge in [-0.2, -0.15) is 0 Å². The number of ether oxygens (including phenoxy) is 1. The van der Waals surface area contributed by atoms with Crippen molar-refractivity contribution in [3.8, 4) is 11.5 Å². The SMILES string of the molecule is CCN(CC)Cc1cc(C(=O)NC2CCc3ccc(Oc4ccnc(NC(C)=O)c4)cc3C2)cc(C(C)(C)C)c1. The van der Waals surface area contributed by atoms with Crippen LogP contribution in [0.4, 0.5) is 5.82 Å². The van der Waals surface area contributed by atoms with E-state index in [4.69, 9.17) is 4.74 Å². The van der Waals surface area contributed by atoms with Gasteiger partial charge in [0.05, 0.1) is 0 Å². The Bertz CT molecular complexity index is 1360. The Morgan fingerprint density at radius 3 is 2.45 bits per heavy atom. The van der Waals surface area contributed by atoms with E-state index in [1.165, 1.54) is 29.2 Å². The number of hydrogen-bond donors (Lipinski definition) is 2. The van der Waals surface area contributed by atoms with Crippen LogP contribution in [0.15, 0.2) is 54.7 Å². The molecular weight excluding hydrogens is 500 g/mol. The number of nitrogens with one attached hydrogen (secondary N) is 2. The Labute approximate surface area is 238 Å². The minimum Gasteiger partial charge on any atom is -0.457 e. The number of aromatic nitrogens is 1. The topological polar surface area (TPSA) is 83.6 Å². The summed E-state index contributed by atoms with van der Waals surface area (Å²) in [4.78, 5) is 31.4. The van der Waals surface area contributed by atoms with Gasteiger partial charge in [0.25, 0.3) is 5.91 Å². The number of hydrogen-bond acceptors (Lipinski definition) is 5. The molecule has 7 nitrogen and oxygen atoms in total. The van der Waals surface area contributed by atoms with Gasteiger partial charge >= 0.3 is 0 Å². The molecule has 40 heavy (non-hydrogen) atoms. The molecule has 1 aliphatic rings. The van der Waals surface area contributed by atoms with E-state index in [0.29, 0.717) is 17.3 Å². The molecule has 0 fully saturated rings. The van der Waals surface area contributed by atoms with Gasteiger partial charge in [-0.15, -0.1) is 0 Å². The number of carbonyl (C=O) groups excluding carboxylic acids is 2. The van der Waals surface area contributed by atoms with E-state index in [9.17, 15) is 9.59 Å². The molecule has 1 heterocycles. The maximum atomic E-state index is 13.5. The van der Waals surface area contributed by atoms with Crippen LogP contribution in [0.5, 0.6) is 11.5 Å². The van der Waals surface area contributed by atoms with Gasteiger partial charge in [0.2, 0.25) is 5.91 Å². The van der Waals surface area contributed by atoms with Crippen LogP contribution in [-0.4, -0.2) is 40.8 Å². The first-order valence-corrected chi connectivity index (χ1v) is 14.2. The number of anilines is 1. The first-order chi connectivity index (χ1) is 19.0. The Morgan fingerprint density at radius 1 is 1.00 bits per heavy atom. The van der Waals surface area contributed by atoms with Crippen molar-refractivity contribution in [1.82, 2.24) is 15.2 Å². The third-order valence-electron chi connectivity index (χ3n) is 7.43. The van der Waals surface area contributed by atoms with Crippen molar-refractivity contribution in [2.24, 2.45) is 0 Å². The first-order valence-electron chi connectivity index (χ1n) is 14.2. The second kappa shape index (κ2) is 12.6. The fourth-order valence-corrected chi connectivity index (χ4v) is 5.10. The maximum absolute atomic E-state index is 13.5. The van der Waals surface area contributed by atoms with E-state index < -0.39 is 0 Å². The van der Waals surface area contributed by atoms with Crippen LogP contribution >= 0.6 is 0 Å². The van der Waals surface area contributed by atoms with E-state index in [0.717, 1.165) is 44.5 Å². The molecule has 212 valence electrons. The summed E-state index contributed by atoms with van der Waals surface area (Å²) in [5.41, 5.74) is 5.49. The number of aryl methyl sites for hydroxylation is 1. The zero-order valence-electron chi connectivity index (χ0n) is 24.6. The van der Waals surface area contributed by atoms with Crippen molar-refractivity contribution >= 4 is 17.6 Å². The van der Waals surface area contributed by atoms with Crippen LogP contribution in [0.2, 0.25) is 0 Å². The molecule has 2 amide bonds. The predicted octanol–water partition coefficient (Wildman–Crippen LogP) is 6.26. The van der Waals surface area contributed by atoms with Crippen LogP contribution in [0.25, 0.3) is 0 Å². The minimum absolute atomic E-state index is 0.0185. The second-order valence-corrected chi connectivity index (χ2v) is 11.6. The molecule has 0 bridgehead atoms. The summed E-state index contributed by atoms with van der Waals surface area (Å²) in [6, 6.07) is 16.0. The Morgan fingerprint density at radius 2 is 1.75 bits per heavy atom. The molecule has 1 unspecified atom stereocenters. The molecule has 4 rings (SSSR count). The molecule has 1 aromatic heterocycles. The third-order valence-corrected chi connectivity index (χ3v) is 7.43. The highest BCUT2D eigenvalue weighted by atomic mass is 16.5. The fourth-order valence-electron chi connectivity index (χ4n) is 5.10. The molecular formula is C33H42N4O3. The quantitative estimate of drug-likeness (QED) is 0.334. The van der Waals surface area contributed by atoms with Crippen LogP contribution in [-0.2, 0) is 29.6 Å². The van der Waals surface area contributed by atoms with Gasteiger partial charge in [-0.25, -0.2) is 4.98 Å². The van der Waals surface area contributed by atoms with E-state index in [1.807, 2.05) is 12.1 Å². The normalized spacial score (nSPS) is 14.9. The lowest BCUT2D eigenvalue weighted by Crippen LogP contribution is -2.39. The van der Waals surface area contributed by atoms with Crippen molar-refractivity contribution < 1.29 is 14.3 Å². The van der Waals surface area contributed by atoms with Crippen LogP contribution < -0.4 is 15.4 Å². The molecule has 7 heteroatoms. The van der Waals surface area contributed by atoms with E-state index in [-0.39, 0.29) is 23.3 Å². The highest BCUT2D eigenvalue weighted by Crippen LogP contribution is 2.30. The summed E-state index contributed by atoms with van der Waals surface area (Å²) < 4.78 is 6.08. The standard InChI is InChI=1S/C33H42N4O3/c1-7-37(8-2)21-23-15-26(17-27(16-23)33(4,5)6)32(39)36-28-11-9-24-10-12-29(19-25(24)18-28)40-30-13-14-34-31(20-30)35-22(3)38/h10,12-17,19-20,28H,7-9,11,18,21H2,1-6H3,(H,36,39)(H,34,35,38). The molecule has 1 aliphatic carbocycles. The van der Waals surface area contributed by atoms with Gasteiger partial charge in [0, 0.05) is 37.3 Å². The lowest BCUT2D eigenvalue weighted by atomic mass is 9.84. The van der Waals surface area contributed by atoms with Gasteiger partial charge in [-0.1, -0.05) is 46.8 Å². The number of amides is 2. The van der Waals surface area contributed by atoms with Crippen molar-refractivity contribution in [1.29, 1.82) is 0 Å². The van der Waals surface area contributed by atoms with Crippen LogP contribution in [0.3, 0.4) is 0 Å². The minimum atomic E-state index is -0.184. The fraction of sp³-hybridized carbons (Fsp3) is 0.424. The molecule has 3 aromatic rings. The van der Waals surface area contributed by atoms with Gasteiger partial charge in [0.1, 0.15) is 17.3 Å². The number of nitrogens with zero attached hydrogens (tertiary/aromatic N) is 2. The molecule has 0 aliphatic heterocycles. The number of carbonyl (C=O) groups is 2. The number of benzene rings is 2. The summed E-state index contributed by atoms with van der Waals surface area (Å²) in [6.45, 7) is 15.1. The highest BCUT2D eigenvalue weighted by Gasteiger charge is 2.23. The van der Waals surface area contributed by atoms with Gasteiger partial charge in [-0.3, -0.25) is 14.5 Å². The molecule has 2 aromatic carbocycles. The molecule has 1 atom stereocenters. The monoisotopic (exact) mass is 542 g/mol. The highest BCUT2D eigenvalue weighted by molar-refractivity contribution is 5.95. The van der Waals surface area contributed by atoms with E-state index >= 15 is 0 Å². The lowest BCUT2D eigenvalue weighted by molar-refractivity contribution is -0.114. The Hall–Kier alpha value is -3.71. The summed E-state index contributed by atoms with van der Waals surface area (Å²) in [5.74, 6) is 1.55. The predicted molar refractivity (Wildman–Crippen MR) is 160 cm³/mol. The van der Waals surface area contributed by atoms with Crippen molar-refractivity contribution in [2.45, 2.75) is 78.8 Å². The lowest BCUT2D eigenvalue weighted by Gasteiger charge is -2.27. The van der Waals surface area contributed by atoms with Gasteiger partial charge in [-0.05, 0) is 90.4 Å². The zero-order chi connectivity index (χ0) is 28.9. The summed E-state index contributed by atoms with van der Waals surface area (Å²) >= 11 is 0. The Kier molecular flexibility index (Phi) is 9.25. The average Bonchev–Trinajstić information content (AvgIpc) is 2.90. The van der Waals surface area contributed by atoms with Crippen LogP contribution in [0, 0.1) is 0 Å². The summed E-state index contributed by atoms with van der Waals surface area (Å²) in [5, 5.41) is 5.99. The number of rotatable bonds is 9. The smallest absolute Gasteiger partial charge is 0.251 e. The van der Waals surface area contributed by atoms with E-state index in [2.05, 4.69) is 79.4 Å². The summed E-state index contributed by atoms with van der Waals surface area (Å²) in [6.07, 6.45) is 4.15. The maximum Gasteiger partial charge on any atom is 0.251 e. The molecule has 0 saturated heterocycles. The van der Waals surface area contributed by atoms with Gasteiger partial charge in [0.15, 0.2) is 0 Å². The summed E-state index contributed by atoms with van der Waals surface area (Å²) in [7, 11) is 0. The Balaban J connectivity index is 1.48. The number of pyridine rings is 1. The second-order valence-electron chi connectivity index (χ2n) is 11.6. The molecule has 0 saturated carbocycles. The van der Waals surface area contributed by atoms with E-state index in [1.54, 1.807) is 18.3 Å². The molecule has 2 N–H and O–H groups in total. The average molecular weight is 543 g/mol. The third kappa shape index (κ3) is 7.69. The first kappa shape index (κ1) is 29.3. The zero-order valence-corrected chi connectivity index (χ0v) is 24.6. The van der Waals surface area contributed by atoms with Crippen molar-refractivity contribution in [3.05, 3.63) is 82.5 Å². The largest absolute Gasteiger partial charge is 0.457 e. The van der Waals surface area contributed by atoms with Crippen molar-refractivity contribution in [3.63, 3.8) is 0 Å². The molecule has 0 spiro atoms. The van der Waals surface area contributed by atoms with Crippen LogP contribution in [0.1, 0.15) is 80.6 Å².